The summed E-state index contributed by atoms with van der Waals surface area (Å²) >= 11 is 0. The van der Waals surface area contributed by atoms with Crippen molar-refractivity contribution in [1.29, 1.82) is 0 Å². The van der Waals surface area contributed by atoms with Gasteiger partial charge in [-0.3, -0.25) is 9.36 Å². The number of hydrogen-bond acceptors (Lipinski definition) is 4. The number of benzene rings is 2. The summed E-state index contributed by atoms with van der Waals surface area (Å²) in [5.41, 5.74) is 2.94. The minimum atomic E-state index is -3.57. The molecule has 6 nitrogen and oxygen atoms in total. The highest BCUT2D eigenvalue weighted by atomic mass is 32.2. The maximum atomic E-state index is 11.8. The summed E-state index contributed by atoms with van der Waals surface area (Å²) in [5.74, 6) is -0.649. The molecule has 3 rings (SSSR count). The third-order valence-electron chi connectivity index (χ3n) is 3.14. The van der Waals surface area contributed by atoms with E-state index in [0.29, 0.717) is 0 Å². The van der Waals surface area contributed by atoms with Crippen LogP contribution in [0.15, 0.2) is 54.9 Å². The smallest absolute Gasteiger partial charge is 0.264 e. The first-order valence-electron chi connectivity index (χ1n) is 6.49. The summed E-state index contributed by atoms with van der Waals surface area (Å²) in [6, 6.07) is 14.3. The van der Waals surface area contributed by atoms with Crippen LogP contribution in [0.5, 0.6) is 0 Å². The monoisotopic (exact) mass is 315 g/mol. The van der Waals surface area contributed by atoms with Gasteiger partial charge in [-0.05, 0) is 36.4 Å². The molecule has 22 heavy (non-hydrogen) atoms. The molecule has 2 aromatic carbocycles. The predicted octanol–water partition coefficient (Wildman–Crippen LogP) is 1.71. The van der Waals surface area contributed by atoms with Crippen LogP contribution in [-0.4, -0.2) is 30.1 Å². The Labute approximate surface area is 127 Å². The number of fused-ring (bicyclic) bond motifs is 1. The van der Waals surface area contributed by atoms with Crippen molar-refractivity contribution in [2.45, 2.75) is 0 Å². The first-order chi connectivity index (χ1) is 10.4. The summed E-state index contributed by atoms with van der Waals surface area (Å²) in [4.78, 5) is 16.1. The van der Waals surface area contributed by atoms with Crippen LogP contribution in [0, 0.1) is 0 Å². The molecule has 0 spiro atoms. The Morgan fingerprint density at radius 3 is 2.45 bits per heavy atom. The molecule has 0 unspecified atom stereocenters. The van der Waals surface area contributed by atoms with Gasteiger partial charge >= 0.3 is 0 Å². The normalized spacial score (nSPS) is 11.5. The Morgan fingerprint density at radius 1 is 1.09 bits per heavy atom. The van der Waals surface area contributed by atoms with Crippen LogP contribution in [0.2, 0.25) is 0 Å². The number of amides is 1. The van der Waals surface area contributed by atoms with E-state index in [9.17, 15) is 13.2 Å². The van der Waals surface area contributed by atoms with Crippen molar-refractivity contribution in [2.75, 3.05) is 6.26 Å². The number of imidazole rings is 1. The second kappa shape index (κ2) is 5.27. The molecule has 0 radical (unpaired) electrons. The van der Waals surface area contributed by atoms with E-state index in [-0.39, 0.29) is 5.56 Å². The molecule has 0 atom stereocenters. The second-order valence-corrected chi connectivity index (χ2v) is 6.60. The largest absolute Gasteiger partial charge is 0.299 e. The lowest BCUT2D eigenvalue weighted by Crippen LogP contribution is -2.29. The molecule has 3 aromatic rings. The molecule has 7 heteroatoms. The zero-order chi connectivity index (χ0) is 15.7. The molecule has 0 aliphatic heterocycles. The van der Waals surface area contributed by atoms with E-state index in [1.54, 1.807) is 30.6 Å². The Hall–Kier alpha value is -2.67. The minimum Gasteiger partial charge on any atom is -0.299 e. The van der Waals surface area contributed by atoms with Gasteiger partial charge in [0.1, 0.15) is 6.33 Å². The van der Waals surface area contributed by atoms with Gasteiger partial charge in [-0.15, -0.1) is 0 Å². The number of carbonyl (C=O) groups excluding carboxylic acids is 1. The van der Waals surface area contributed by atoms with Crippen molar-refractivity contribution < 1.29 is 13.2 Å². The molecule has 0 saturated heterocycles. The molecular formula is C15H13N3O3S. The van der Waals surface area contributed by atoms with Crippen LogP contribution in [0.1, 0.15) is 10.4 Å². The van der Waals surface area contributed by atoms with Crippen molar-refractivity contribution in [3.05, 3.63) is 60.4 Å². The van der Waals surface area contributed by atoms with E-state index < -0.39 is 15.9 Å². The molecular weight excluding hydrogens is 302 g/mol. The maximum Gasteiger partial charge on any atom is 0.264 e. The zero-order valence-electron chi connectivity index (χ0n) is 11.7. The fourth-order valence-electron chi connectivity index (χ4n) is 2.17. The number of para-hydroxylation sites is 2. The number of sulfonamides is 1. The third-order valence-corrected chi connectivity index (χ3v) is 3.70. The van der Waals surface area contributed by atoms with E-state index in [2.05, 4.69) is 4.98 Å². The molecule has 0 aliphatic carbocycles. The SMILES string of the molecule is CS(=O)(=O)NC(=O)c1ccc(-n2cnc3ccccc32)cc1. The summed E-state index contributed by atoms with van der Waals surface area (Å²) in [6.07, 6.45) is 2.65. The summed E-state index contributed by atoms with van der Waals surface area (Å²) in [7, 11) is -3.57. The standard InChI is InChI=1S/C15H13N3O3S/c1-22(20,21)17-15(19)11-6-8-12(9-7-11)18-10-16-13-4-2-3-5-14(13)18/h2-10H,1H3,(H,17,19). The van der Waals surface area contributed by atoms with Gasteiger partial charge in [0.15, 0.2) is 0 Å². The Bertz CT molecular complexity index is 944. The first kappa shape index (κ1) is 14.3. The van der Waals surface area contributed by atoms with Crippen LogP contribution < -0.4 is 4.72 Å². The molecule has 1 N–H and O–H groups in total. The molecule has 0 saturated carbocycles. The first-order valence-corrected chi connectivity index (χ1v) is 8.38. The summed E-state index contributed by atoms with van der Waals surface area (Å²) in [6.45, 7) is 0. The van der Waals surface area contributed by atoms with Crippen molar-refractivity contribution in [1.82, 2.24) is 14.3 Å². The quantitative estimate of drug-likeness (QED) is 0.798. The van der Waals surface area contributed by atoms with Crippen molar-refractivity contribution in [3.63, 3.8) is 0 Å². The van der Waals surface area contributed by atoms with E-state index in [0.717, 1.165) is 23.0 Å². The summed E-state index contributed by atoms with van der Waals surface area (Å²) in [5, 5.41) is 0. The van der Waals surface area contributed by atoms with Crippen LogP contribution in [0.25, 0.3) is 16.7 Å². The van der Waals surface area contributed by atoms with Gasteiger partial charge in [0, 0.05) is 11.3 Å². The van der Waals surface area contributed by atoms with Crippen molar-refractivity contribution in [3.8, 4) is 5.69 Å². The zero-order valence-corrected chi connectivity index (χ0v) is 12.5. The fourth-order valence-corrected chi connectivity index (χ4v) is 2.62. The lowest BCUT2D eigenvalue weighted by molar-refractivity contribution is 0.0981. The molecule has 112 valence electrons. The molecule has 0 bridgehead atoms. The van der Waals surface area contributed by atoms with Crippen LogP contribution >= 0.6 is 0 Å². The van der Waals surface area contributed by atoms with Crippen LogP contribution in [0.3, 0.4) is 0 Å². The van der Waals surface area contributed by atoms with Gasteiger partial charge in [0.25, 0.3) is 5.91 Å². The van der Waals surface area contributed by atoms with Crippen LogP contribution in [0.4, 0.5) is 0 Å². The molecule has 0 aliphatic rings. The predicted molar refractivity (Wildman–Crippen MR) is 83.4 cm³/mol. The third kappa shape index (κ3) is 2.84. The minimum absolute atomic E-state index is 0.276. The number of nitrogens with one attached hydrogen (secondary N) is 1. The lowest BCUT2D eigenvalue weighted by atomic mass is 10.2. The number of aromatic nitrogens is 2. The van der Waals surface area contributed by atoms with Gasteiger partial charge in [0.2, 0.25) is 10.0 Å². The Morgan fingerprint density at radius 2 is 1.77 bits per heavy atom. The second-order valence-electron chi connectivity index (χ2n) is 4.85. The van der Waals surface area contributed by atoms with Gasteiger partial charge in [-0.25, -0.2) is 18.1 Å². The molecule has 1 heterocycles. The maximum absolute atomic E-state index is 11.8. The number of rotatable bonds is 3. The molecule has 0 fully saturated rings. The Kier molecular flexibility index (Phi) is 3.42. The summed E-state index contributed by atoms with van der Waals surface area (Å²) < 4.78 is 26.0. The number of carbonyl (C=O) groups is 1. The van der Waals surface area contributed by atoms with E-state index in [4.69, 9.17) is 0 Å². The molecule has 1 aromatic heterocycles. The van der Waals surface area contributed by atoms with Gasteiger partial charge in [-0.1, -0.05) is 12.1 Å². The highest BCUT2D eigenvalue weighted by molar-refractivity contribution is 7.89. The highest BCUT2D eigenvalue weighted by Crippen LogP contribution is 2.18. The average Bonchev–Trinajstić information content (AvgIpc) is 2.89. The van der Waals surface area contributed by atoms with E-state index >= 15 is 0 Å². The number of nitrogens with zero attached hydrogens (tertiary/aromatic N) is 2. The van der Waals surface area contributed by atoms with E-state index in [1.807, 2.05) is 33.6 Å². The lowest BCUT2D eigenvalue weighted by Gasteiger charge is -2.06. The van der Waals surface area contributed by atoms with Gasteiger partial charge in [-0.2, -0.15) is 0 Å². The highest BCUT2D eigenvalue weighted by Gasteiger charge is 2.11. The molecule has 1 amide bonds. The van der Waals surface area contributed by atoms with Crippen LogP contribution in [-0.2, 0) is 10.0 Å². The Balaban J connectivity index is 1.93. The van der Waals surface area contributed by atoms with Gasteiger partial charge in [0.05, 0.1) is 17.3 Å². The average molecular weight is 315 g/mol. The fraction of sp³-hybridized carbons (Fsp3) is 0.0667. The van der Waals surface area contributed by atoms with Crippen molar-refractivity contribution >= 4 is 27.0 Å². The topological polar surface area (TPSA) is 81.1 Å². The van der Waals surface area contributed by atoms with Crippen molar-refractivity contribution in [2.24, 2.45) is 0 Å². The van der Waals surface area contributed by atoms with Gasteiger partial charge < -0.3 is 0 Å². The van der Waals surface area contributed by atoms with E-state index in [1.165, 1.54) is 0 Å². The number of hydrogen-bond donors (Lipinski definition) is 1.